The summed E-state index contributed by atoms with van der Waals surface area (Å²) in [6.07, 6.45) is 2.59. The SMILES string of the molecule is C=CCc1cc(Oc2c(F)c(F)c(-c3c(F)c(F)c(-c4c(F)c(F)c(Oc5ccc(O)c(CC=C)c5)c(F)c4F)c(F)c3F)c(F)c2F)ccc1O. The predicted octanol–water partition coefficient (Wildman–Crippen LogP) is 11.1. The molecule has 270 valence electrons. The fraction of sp³-hybridized carbons (Fsp3) is 0.0556. The van der Waals surface area contributed by atoms with Gasteiger partial charge in [0.05, 0.1) is 22.3 Å². The van der Waals surface area contributed by atoms with Crippen molar-refractivity contribution < 1.29 is 72.4 Å². The second kappa shape index (κ2) is 14.3. The molecular formula is C36H18F12O4. The van der Waals surface area contributed by atoms with E-state index >= 15 is 52.7 Å². The molecule has 0 bridgehead atoms. The maximum atomic E-state index is 15.4. The normalized spacial score (nSPS) is 11.2. The highest BCUT2D eigenvalue weighted by Crippen LogP contribution is 2.46. The van der Waals surface area contributed by atoms with Gasteiger partial charge < -0.3 is 19.7 Å². The number of ether oxygens (including phenoxy) is 2. The maximum Gasteiger partial charge on any atom is 0.205 e. The fourth-order valence-corrected chi connectivity index (χ4v) is 5.04. The van der Waals surface area contributed by atoms with Crippen molar-refractivity contribution in [3.05, 3.63) is 143 Å². The first kappa shape index (κ1) is 37.2. The van der Waals surface area contributed by atoms with Crippen LogP contribution in [0.5, 0.6) is 34.5 Å². The lowest BCUT2D eigenvalue weighted by Gasteiger charge is -2.18. The zero-order valence-corrected chi connectivity index (χ0v) is 25.7. The summed E-state index contributed by atoms with van der Waals surface area (Å²) < 4.78 is 192. The Kier molecular flexibility index (Phi) is 10.2. The molecule has 0 atom stereocenters. The number of benzene rings is 5. The highest BCUT2D eigenvalue weighted by Gasteiger charge is 2.38. The zero-order valence-electron chi connectivity index (χ0n) is 25.7. The van der Waals surface area contributed by atoms with Crippen LogP contribution in [-0.2, 0) is 12.8 Å². The molecule has 0 amide bonds. The molecule has 16 heteroatoms. The molecule has 0 radical (unpaired) electrons. The zero-order chi connectivity index (χ0) is 38.3. The maximum absolute atomic E-state index is 15.4. The van der Waals surface area contributed by atoms with Crippen molar-refractivity contribution in [1.29, 1.82) is 0 Å². The number of allylic oxidation sites excluding steroid dienone is 2. The highest BCUT2D eigenvalue weighted by atomic mass is 19.2. The van der Waals surface area contributed by atoms with Crippen molar-refractivity contribution >= 4 is 0 Å². The van der Waals surface area contributed by atoms with Crippen molar-refractivity contribution in [3.8, 4) is 56.8 Å². The van der Waals surface area contributed by atoms with Crippen LogP contribution in [0.4, 0.5) is 52.7 Å². The number of aromatic hydroxyl groups is 2. The van der Waals surface area contributed by atoms with Crippen LogP contribution in [0.2, 0.25) is 0 Å². The van der Waals surface area contributed by atoms with Crippen molar-refractivity contribution in [2.45, 2.75) is 12.8 Å². The minimum Gasteiger partial charge on any atom is -0.508 e. The summed E-state index contributed by atoms with van der Waals surface area (Å²) in [5.41, 5.74) is -9.53. The van der Waals surface area contributed by atoms with Crippen LogP contribution in [0.1, 0.15) is 11.1 Å². The van der Waals surface area contributed by atoms with Gasteiger partial charge in [0.1, 0.15) is 23.0 Å². The summed E-state index contributed by atoms with van der Waals surface area (Å²) >= 11 is 0. The molecule has 5 rings (SSSR count). The number of halogens is 12. The van der Waals surface area contributed by atoms with E-state index in [0.29, 0.717) is 0 Å². The van der Waals surface area contributed by atoms with Crippen molar-refractivity contribution in [3.63, 3.8) is 0 Å². The predicted molar refractivity (Wildman–Crippen MR) is 161 cm³/mol. The quantitative estimate of drug-likeness (QED) is 0.0850. The van der Waals surface area contributed by atoms with E-state index in [0.717, 1.165) is 36.4 Å². The first-order valence-corrected chi connectivity index (χ1v) is 14.3. The average Bonchev–Trinajstić information content (AvgIpc) is 3.11. The van der Waals surface area contributed by atoms with Gasteiger partial charge in [-0.1, -0.05) is 12.2 Å². The third kappa shape index (κ3) is 6.24. The van der Waals surface area contributed by atoms with E-state index in [4.69, 9.17) is 9.47 Å². The second-order valence-electron chi connectivity index (χ2n) is 10.7. The van der Waals surface area contributed by atoms with Gasteiger partial charge in [0.25, 0.3) is 0 Å². The van der Waals surface area contributed by atoms with Crippen LogP contribution in [0.15, 0.2) is 61.7 Å². The molecule has 0 fully saturated rings. The molecule has 0 unspecified atom stereocenters. The molecular weight excluding hydrogens is 724 g/mol. The Morgan fingerprint density at radius 2 is 0.673 bits per heavy atom. The van der Waals surface area contributed by atoms with Crippen LogP contribution in [0.25, 0.3) is 22.3 Å². The van der Waals surface area contributed by atoms with Crippen molar-refractivity contribution in [2.75, 3.05) is 0 Å². The Hall–Kier alpha value is -6.06. The van der Waals surface area contributed by atoms with Gasteiger partial charge in [0.15, 0.2) is 46.5 Å². The van der Waals surface area contributed by atoms with Gasteiger partial charge in [0.2, 0.25) is 34.8 Å². The molecule has 0 aromatic heterocycles. The van der Waals surface area contributed by atoms with E-state index in [1.165, 1.54) is 12.2 Å². The minimum atomic E-state index is -2.90. The Balaban J connectivity index is 1.64. The van der Waals surface area contributed by atoms with Crippen molar-refractivity contribution in [2.24, 2.45) is 0 Å². The minimum absolute atomic E-state index is 0.0106. The van der Waals surface area contributed by atoms with Gasteiger partial charge in [-0.15, -0.1) is 13.2 Å². The van der Waals surface area contributed by atoms with Gasteiger partial charge in [-0.25, -0.2) is 35.1 Å². The fourth-order valence-electron chi connectivity index (χ4n) is 5.04. The van der Waals surface area contributed by atoms with E-state index in [1.807, 2.05) is 0 Å². The van der Waals surface area contributed by atoms with Crippen LogP contribution < -0.4 is 9.47 Å². The molecule has 4 nitrogen and oxygen atoms in total. The van der Waals surface area contributed by atoms with Gasteiger partial charge >= 0.3 is 0 Å². The lowest BCUT2D eigenvalue weighted by molar-refractivity contribution is 0.365. The lowest BCUT2D eigenvalue weighted by Crippen LogP contribution is -2.11. The molecule has 0 aliphatic rings. The number of phenols is 2. The monoisotopic (exact) mass is 742 g/mol. The smallest absolute Gasteiger partial charge is 0.205 e. The molecule has 5 aromatic rings. The third-order valence-corrected chi connectivity index (χ3v) is 7.48. The molecule has 0 saturated carbocycles. The van der Waals surface area contributed by atoms with Crippen molar-refractivity contribution in [1.82, 2.24) is 0 Å². The molecule has 0 spiro atoms. The summed E-state index contributed by atoms with van der Waals surface area (Å²) in [4.78, 5) is 0. The summed E-state index contributed by atoms with van der Waals surface area (Å²) in [6.45, 7) is 6.85. The summed E-state index contributed by atoms with van der Waals surface area (Å²) in [7, 11) is 0. The van der Waals surface area contributed by atoms with E-state index in [-0.39, 0.29) is 35.5 Å². The standard InChI is InChI=1S/C36H18F12O4/c1-3-5-13-11-15(7-9-17(13)49)51-35-31(45)27(41)21(28(42)32(35)46)19-23(37)25(39)20(26(40)24(19)38)22-29(43)33(47)36(34(48)30(22)44)52-16-8-10-18(50)14(12-16)6-4-2/h3-4,7-12,49-50H,1-2,5-6H2. The van der Waals surface area contributed by atoms with Crippen LogP contribution in [-0.4, -0.2) is 10.2 Å². The van der Waals surface area contributed by atoms with Gasteiger partial charge in [0, 0.05) is 11.1 Å². The second-order valence-corrected chi connectivity index (χ2v) is 10.7. The van der Waals surface area contributed by atoms with E-state index in [2.05, 4.69) is 13.2 Å². The summed E-state index contributed by atoms with van der Waals surface area (Å²) in [5.74, 6) is -37.5. The average molecular weight is 743 g/mol. The number of hydrogen-bond acceptors (Lipinski definition) is 4. The number of rotatable bonds is 10. The Morgan fingerprint density at radius 1 is 0.423 bits per heavy atom. The third-order valence-electron chi connectivity index (χ3n) is 7.48. The summed E-state index contributed by atoms with van der Waals surface area (Å²) in [5, 5.41) is 19.7. The number of hydrogen-bond donors (Lipinski definition) is 2. The number of phenolic OH excluding ortho intramolecular Hbond substituents is 2. The van der Waals surface area contributed by atoms with Crippen LogP contribution in [0.3, 0.4) is 0 Å². The topological polar surface area (TPSA) is 58.9 Å². The van der Waals surface area contributed by atoms with Crippen LogP contribution in [0, 0.1) is 69.8 Å². The molecule has 0 aliphatic carbocycles. The highest BCUT2D eigenvalue weighted by molar-refractivity contribution is 5.75. The largest absolute Gasteiger partial charge is 0.508 e. The van der Waals surface area contributed by atoms with Gasteiger partial charge in [-0.2, -0.15) is 17.6 Å². The molecule has 5 aromatic carbocycles. The Bertz CT molecular complexity index is 2060. The molecule has 52 heavy (non-hydrogen) atoms. The van der Waals surface area contributed by atoms with Crippen LogP contribution >= 0.6 is 0 Å². The van der Waals surface area contributed by atoms with Gasteiger partial charge in [-0.05, 0) is 49.2 Å². The van der Waals surface area contributed by atoms with Gasteiger partial charge in [-0.3, -0.25) is 0 Å². The first-order valence-electron chi connectivity index (χ1n) is 14.3. The van der Waals surface area contributed by atoms with E-state index < -0.39 is 115 Å². The Labute approximate surface area is 284 Å². The van der Waals surface area contributed by atoms with E-state index in [9.17, 15) is 10.2 Å². The lowest BCUT2D eigenvalue weighted by atomic mass is 9.95. The molecule has 2 N–H and O–H groups in total. The Morgan fingerprint density at radius 3 is 0.923 bits per heavy atom. The molecule has 0 aliphatic heterocycles. The first-order chi connectivity index (χ1) is 24.5. The summed E-state index contributed by atoms with van der Waals surface area (Å²) in [6, 6.07) is 5.73. The molecule has 0 heterocycles. The van der Waals surface area contributed by atoms with E-state index in [1.54, 1.807) is 0 Å². The molecule has 0 saturated heterocycles.